The minimum Gasteiger partial charge on any atom is -0.370 e. The van der Waals surface area contributed by atoms with Crippen LogP contribution in [0, 0.1) is 0 Å². The van der Waals surface area contributed by atoms with Gasteiger partial charge in [0.1, 0.15) is 6.04 Å². The zero-order valence-corrected chi connectivity index (χ0v) is 14.2. The highest BCUT2D eigenvalue weighted by molar-refractivity contribution is 7.98. The van der Waals surface area contributed by atoms with Gasteiger partial charge in [0.05, 0.1) is 11.4 Å². The average molecular weight is 336 g/mol. The van der Waals surface area contributed by atoms with Gasteiger partial charge in [-0.25, -0.2) is 4.79 Å². The van der Waals surface area contributed by atoms with Crippen LogP contribution in [0.1, 0.15) is 19.3 Å². The van der Waals surface area contributed by atoms with E-state index in [1.165, 1.54) is 12.8 Å². The number of anilines is 2. The first-order chi connectivity index (χ1) is 11.1. The molecule has 23 heavy (non-hydrogen) atoms. The van der Waals surface area contributed by atoms with Crippen molar-refractivity contribution in [2.24, 2.45) is 5.73 Å². The second-order valence-corrected chi connectivity index (χ2v) is 6.53. The molecule has 7 heteroatoms. The summed E-state index contributed by atoms with van der Waals surface area (Å²) in [6, 6.07) is 6.47. The smallest absolute Gasteiger partial charge is 0.312 e. The predicted octanol–water partition coefficient (Wildman–Crippen LogP) is 2.02. The van der Waals surface area contributed by atoms with Crippen molar-refractivity contribution < 1.29 is 9.59 Å². The van der Waals surface area contributed by atoms with E-state index in [0.717, 1.165) is 30.2 Å². The van der Waals surface area contributed by atoms with Crippen LogP contribution in [0.15, 0.2) is 24.3 Å². The molecule has 1 saturated heterocycles. The number of nitrogens with zero attached hydrogens (tertiary/aromatic N) is 1. The summed E-state index contributed by atoms with van der Waals surface area (Å²) in [5, 5.41) is 5.47. The molecule has 1 atom stereocenters. The van der Waals surface area contributed by atoms with Gasteiger partial charge in [0, 0.05) is 13.1 Å². The molecular formula is C16H24N4O2S. The van der Waals surface area contributed by atoms with Crippen molar-refractivity contribution in [3.63, 3.8) is 0 Å². The van der Waals surface area contributed by atoms with Crippen LogP contribution in [0.5, 0.6) is 0 Å². The zero-order valence-electron chi connectivity index (χ0n) is 13.4. The molecule has 0 aromatic heterocycles. The van der Waals surface area contributed by atoms with E-state index in [1.807, 2.05) is 30.5 Å². The fourth-order valence-electron chi connectivity index (χ4n) is 2.71. The van der Waals surface area contributed by atoms with Crippen LogP contribution in [-0.4, -0.2) is 43.1 Å². The van der Waals surface area contributed by atoms with Crippen LogP contribution in [0.4, 0.5) is 16.2 Å². The fraction of sp³-hybridized carbons (Fsp3) is 0.500. The Balaban J connectivity index is 2.09. The number of hydrogen-bond acceptors (Lipinski definition) is 4. The summed E-state index contributed by atoms with van der Waals surface area (Å²) in [6.45, 7) is 2.00. The number of nitrogens with two attached hydrogens (primary N) is 1. The molecule has 4 N–H and O–H groups in total. The maximum absolute atomic E-state index is 12.5. The third-order valence-electron chi connectivity index (χ3n) is 3.85. The summed E-state index contributed by atoms with van der Waals surface area (Å²) >= 11 is 1.62. The van der Waals surface area contributed by atoms with Crippen molar-refractivity contribution in [1.82, 2.24) is 5.32 Å². The van der Waals surface area contributed by atoms with Gasteiger partial charge in [-0.05, 0) is 43.4 Å². The largest absolute Gasteiger partial charge is 0.370 e. The molecule has 1 heterocycles. The zero-order chi connectivity index (χ0) is 16.7. The molecule has 0 spiro atoms. The van der Waals surface area contributed by atoms with Crippen molar-refractivity contribution in [2.75, 3.05) is 35.3 Å². The van der Waals surface area contributed by atoms with Crippen molar-refractivity contribution >= 4 is 35.1 Å². The molecule has 0 saturated carbocycles. The number of amides is 3. The minimum absolute atomic E-state index is 0.232. The van der Waals surface area contributed by atoms with Gasteiger partial charge in [0.15, 0.2) is 0 Å². The minimum atomic E-state index is -0.681. The Morgan fingerprint density at radius 2 is 2.00 bits per heavy atom. The summed E-state index contributed by atoms with van der Waals surface area (Å²) in [4.78, 5) is 25.9. The number of hydrogen-bond donors (Lipinski definition) is 3. The fourth-order valence-corrected chi connectivity index (χ4v) is 3.18. The molecule has 0 bridgehead atoms. The maximum atomic E-state index is 12.5. The van der Waals surface area contributed by atoms with Crippen molar-refractivity contribution in [1.29, 1.82) is 0 Å². The number of carbonyl (C=O) groups excluding carboxylic acids is 2. The predicted molar refractivity (Wildman–Crippen MR) is 96.0 cm³/mol. The van der Waals surface area contributed by atoms with E-state index in [1.54, 1.807) is 11.8 Å². The highest BCUT2D eigenvalue weighted by atomic mass is 32.2. The SMILES string of the molecule is CSCC[C@H](NC(N)=O)C(=O)Nc1ccccc1N1CCCC1. The lowest BCUT2D eigenvalue weighted by Crippen LogP contribution is -2.46. The standard InChI is InChI=1S/C16H24N4O2S/c1-23-11-8-13(19-16(17)22)15(21)18-12-6-2-3-7-14(12)20-9-4-5-10-20/h2-3,6-7,13H,4-5,8-11H2,1H3,(H,18,21)(H3,17,19,22)/t13-/m0/s1. The summed E-state index contributed by atoms with van der Waals surface area (Å²) in [6.07, 6.45) is 4.84. The highest BCUT2D eigenvalue weighted by Crippen LogP contribution is 2.28. The second-order valence-electron chi connectivity index (χ2n) is 5.54. The molecule has 1 aliphatic rings. The second kappa shape index (κ2) is 8.67. The Hall–Kier alpha value is -1.89. The van der Waals surface area contributed by atoms with E-state index in [9.17, 15) is 9.59 Å². The van der Waals surface area contributed by atoms with Gasteiger partial charge in [-0.2, -0.15) is 11.8 Å². The van der Waals surface area contributed by atoms with E-state index in [2.05, 4.69) is 15.5 Å². The Bertz CT molecular complexity index is 547. The van der Waals surface area contributed by atoms with Crippen LogP contribution >= 0.6 is 11.8 Å². The number of urea groups is 1. The molecule has 1 aliphatic heterocycles. The van der Waals surface area contributed by atoms with E-state index in [4.69, 9.17) is 5.73 Å². The molecule has 126 valence electrons. The van der Waals surface area contributed by atoms with Crippen LogP contribution in [-0.2, 0) is 4.79 Å². The van der Waals surface area contributed by atoms with Gasteiger partial charge in [-0.15, -0.1) is 0 Å². The number of thioether (sulfide) groups is 1. The highest BCUT2D eigenvalue weighted by Gasteiger charge is 2.22. The molecule has 2 rings (SSSR count). The Labute approximate surface area is 141 Å². The van der Waals surface area contributed by atoms with Gasteiger partial charge in [0.25, 0.3) is 0 Å². The van der Waals surface area contributed by atoms with Gasteiger partial charge in [-0.1, -0.05) is 12.1 Å². The monoisotopic (exact) mass is 336 g/mol. The van der Waals surface area contributed by atoms with Crippen LogP contribution in [0.3, 0.4) is 0 Å². The van der Waals surface area contributed by atoms with E-state index >= 15 is 0 Å². The first-order valence-corrected chi connectivity index (χ1v) is 9.21. The Kier molecular flexibility index (Phi) is 6.58. The first kappa shape index (κ1) is 17.5. The molecule has 0 radical (unpaired) electrons. The number of nitrogens with one attached hydrogen (secondary N) is 2. The lowest BCUT2D eigenvalue weighted by atomic mass is 10.2. The third kappa shape index (κ3) is 5.06. The van der Waals surface area contributed by atoms with Crippen molar-refractivity contribution in [3.05, 3.63) is 24.3 Å². The molecule has 1 aromatic rings. The molecule has 0 aliphatic carbocycles. The van der Waals surface area contributed by atoms with Crippen LogP contribution in [0.2, 0.25) is 0 Å². The molecule has 3 amide bonds. The van der Waals surface area contributed by atoms with E-state index in [0.29, 0.717) is 6.42 Å². The molecule has 1 aromatic carbocycles. The van der Waals surface area contributed by atoms with Gasteiger partial charge >= 0.3 is 6.03 Å². The van der Waals surface area contributed by atoms with Gasteiger partial charge < -0.3 is 21.3 Å². The van der Waals surface area contributed by atoms with E-state index < -0.39 is 12.1 Å². The number of carbonyl (C=O) groups is 2. The quantitative estimate of drug-likeness (QED) is 0.711. The lowest BCUT2D eigenvalue weighted by molar-refractivity contribution is -0.117. The number of rotatable bonds is 7. The average Bonchev–Trinajstić information content (AvgIpc) is 3.05. The first-order valence-electron chi connectivity index (χ1n) is 7.81. The maximum Gasteiger partial charge on any atom is 0.312 e. The number of para-hydroxylation sites is 2. The van der Waals surface area contributed by atoms with Crippen LogP contribution in [0.25, 0.3) is 0 Å². The summed E-state index contributed by atoms with van der Waals surface area (Å²) < 4.78 is 0. The Morgan fingerprint density at radius 3 is 2.65 bits per heavy atom. The molecule has 1 fully saturated rings. The Morgan fingerprint density at radius 1 is 1.30 bits per heavy atom. The van der Waals surface area contributed by atoms with E-state index in [-0.39, 0.29) is 5.91 Å². The summed E-state index contributed by atoms with van der Waals surface area (Å²) in [5.74, 6) is 0.538. The third-order valence-corrected chi connectivity index (χ3v) is 4.50. The van der Waals surface area contributed by atoms with Crippen molar-refractivity contribution in [2.45, 2.75) is 25.3 Å². The number of primary amides is 1. The topological polar surface area (TPSA) is 87.5 Å². The van der Waals surface area contributed by atoms with Gasteiger partial charge in [-0.3, -0.25) is 4.79 Å². The van der Waals surface area contributed by atoms with Crippen molar-refractivity contribution in [3.8, 4) is 0 Å². The normalized spacial score (nSPS) is 15.3. The molecular weight excluding hydrogens is 312 g/mol. The van der Waals surface area contributed by atoms with Crippen LogP contribution < -0.4 is 21.3 Å². The number of benzene rings is 1. The lowest BCUT2D eigenvalue weighted by Gasteiger charge is -2.23. The molecule has 6 nitrogen and oxygen atoms in total. The van der Waals surface area contributed by atoms with Gasteiger partial charge in [0.2, 0.25) is 5.91 Å². The summed E-state index contributed by atoms with van der Waals surface area (Å²) in [5.41, 5.74) is 6.99. The summed E-state index contributed by atoms with van der Waals surface area (Å²) in [7, 11) is 0. The molecule has 0 unspecified atom stereocenters.